The number of rotatable bonds is 6. The normalized spacial score (nSPS) is 31.4. The molecule has 0 aromatic carbocycles. The van der Waals surface area contributed by atoms with Gasteiger partial charge in [-0.1, -0.05) is 0 Å². The largest absolute Gasteiger partial charge is 0.384 e. The topological polar surface area (TPSA) is 62.8 Å². The molecule has 1 saturated carbocycles. The van der Waals surface area contributed by atoms with Gasteiger partial charge in [0.1, 0.15) is 5.82 Å². The van der Waals surface area contributed by atoms with E-state index in [0.29, 0.717) is 12.0 Å². The van der Waals surface area contributed by atoms with E-state index in [1.807, 2.05) is 19.4 Å². The molecule has 0 amide bonds. The number of hydrogen-bond donors (Lipinski definition) is 1. The second kappa shape index (κ2) is 8.93. The van der Waals surface area contributed by atoms with Gasteiger partial charge in [0.05, 0.1) is 19.8 Å². The highest BCUT2D eigenvalue weighted by Crippen LogP contribution is 2.48. The summed E-state index contributed by atoms with van der Waals surface area (Å²) in [5.41, 5.74) is 0.216. The maximum absolute atomic E-state index is 5.76. The molecule has 2 aliphatic heterocycles. The van der Waals surface area contributed by atoms with Gasteiger partial charge in [-0.25, -0.2) is 4.98 Å². The number of aromatic nitrogens is 2. The van der Waals surface area contributed by atoms with E-state index >= 15 is 0 Å². The Kier molecular flexibility index (Phi) is 6.33. The van der Waals surface area contributed by atoms with Crippen molar-refractivity contribution < 1.29 is 9.47 Å². The molecule has 1 aliphatic carbocycles. The zero-order valence-corrected chi connectivity index (χ0v) is 17.4. The van der Waals surface area contributed by atoms with Crippen molar-refractivity contribution in [2.45, 2.75) is 38.6 Å². The van der Waals surface area contributed by atoms with Crippen LogP contribution in [0.2, 0.25) is 0 Å². The van der Waals surface area contributed by atoms with E-state index in [4.69, 9.17) is 14.5 Å². The summed E-state index contributed by atoms with van der Waals surface area (Å²) in [4.78, 5) is 14.4. The minimum absolute atomic E-state index is 0.216. The molecule has 156 valence electrons. The lowest BCUT2D eigenvalue weighted by molar-refractivity contribution is -0.0541. The van der Waals surface area contributed by atoms with Crippen molar-refractivity contribution in [3.8, 4) is 0 Å². The van der Waals surface area contributed by atoms with Crippen molar-refractivity contribution in [2.24, 2.45) is 11.3 Å². The first-order valence-electron chi connectivity index (χ1n) is 10.9. The summed E-state index contributed by atoms with van der Waals surface area (Å²) in [6.45, 7) is 9.77. The van der Waals surface area contributed by atoms with Crippen LogP contribution in [0.15, 0.2) is 12.3 Å². The van der Waals surface area contributed by atoms with E-state index in [2.05, 4.69) is 27.0 Å². The molecule has 2 saturated heterocycles. The first-order valence-corrected chi connectivity index (χ1v) is 10.9. The number of fused-ring (bicyclic) bond motifs is 1. The van der Waals surface area contributed by atoms with Crippen LogP contribution in [0.1, 0.15) is 32.6 Å². The summed E-state index contributed by atoms with van der Waals surface area (Å²) < 4.78 is 11.3. The molecule has 0 spiro atoms. The van der Waals surface area contributed by atoms with Gasteiger partial charge in [0.2, 0.25) is 5.95 Å². The van der Waals surface area contributed by atoms with Gasteiger partial charge in [0.25, 0.3) is 0 Å². The predicted molar refractivity (Wildman–Crippen MR) is 111 cm³/mol. The number of methoxy groups -OCH3 is 1. The van der Waals surface area contributed by atoms with Crippen molar-refractivity contribution in [2.75, 3.05) is 69.9 Å². The number of piperidine rings is 1. The van der Waals surface area contributed by atoms with Crippen LogP contribution in [-0.4, -0.2) is 80.6 Å². The molecule has 3 aliphatic rings. The lowest BCUT2D eigenvalue weighted by Crippen LogP contribution is -2.57. The first-order chi connectivity index (χ1) is 13.7. The van der Waals surface area contributed by atoms with Crippen LogP contribution in [0.25, 0.3) is 0 Å². The molecule has 28 heavy (non-hydrogen) atoms. The Bertz CT molecular complexity index is 639. The number of anilines is 2. The molecular weight excluding hydrogens is 354 g/mol. The van der Waals surface area contributed by atoms with E-state index < -0.39 is 0 Å². The van der Waals surface area contributed by atoms with E-state index in [1.54, 1.807) is 0 Å². The molecule has 3 fully saturated rings. The van der Waals surface area contributed by atoms with E-state index in [0.717, 1.165) is 64.3 Å². The molecule has 7 heteroatoms. The highest BCUT2D eigenvalue weighted by Gasteiger charge is 2.48. The minimum Gasteiger partial charge on any atom is -0.384 e. The van der Waals surface area contributed by atoms with E-state index in [-0.39, 0.29) is 5.41 Å². The van der Waals surface area contributed by atoms with Crippen molar-refractivity contribution in [3.63, 3.8) is 0 Å². The smallest absolute Gasteiger partial charge is 0.227 e. The van der Waals surface area contributed by atoms with Crippen LogP contribution in [0, 0.1) is 11.3 Å². The van der Waals surface area contributed by atoms with Gasteiger partial charge in [0, 0.05) is 57.5 Å². The Morgan fingerprint density at radius 1 is 1.29 bits per heavy atom. The highest BCUT2D eigenvalue weighted by molar-refractivity contribution is 5.42. The van der Waals surface area contributed by atoms with Crippen molar-refractivity contribution in [1.82, 2.24) is 14.9 Å². The molecule has 1 aromatic heterocycles. The summed E-state index contributed by atoms with van der Waals surface area (Å²) >= 11 is 0. The molecule has 0 unspecified atom stereocenters. The molecule has 4 rings (SSSR count). The summed E-state index contributed by atoms with van der Waals surface area (Å²) in [5.74, 6) is 2.47. The fraction of sp³-hybridized carbons (Fsp3) is 0.810. The fourth-order valence-electron chi connectivity index (χ4n) is 5.51. The zero-order valence-electron chi connectivity index (χ0n) is 17.4. The summed E-state index contributed by atoms with van der Waals surface area (Å²) in [5, 5.41) is 3.30. The Morgan fingerprint density at radius 3 is 2.93 bits per heavy atom. The third kappa shape index (κ3) is 4.11. The number of hydrogen-bond acceptors (Lipinski definition) is 7. The van der Waals surface area contributed by atoms with Crippen LogP contribution in [0.4, 0.5) is 11.8 Å². The minimum atomic E-state index is 0.216. The third-order valence-electron chi connectivity index (χ3n) is 6.93. The lowest BCUT2D eigenvalue weighted by atomic mass is 9.62. The van der Waals surface area contributed by atoms with Gasteiger partial charge in [-0.2, -0.15) is 4.98 Å². The Morgan fingerprint density at radius 2 is 2.14 bits per heavy atom. The molecule has 1 aromatic rings. The maximum atomic E-state index is 5.76. The molecule has 3 atom stereocenters. The van der Waals surface area contributed by atoms with Gasteiger partial charge in [-0.05, 0) is 44.6 Å². The summed E-state index contributed by atoms with van der Waals surface area (Å²) in [6.07, 6.45) is 6.82. The van der Waals surface area contributed by atoms with Crippen molar-refractivity contribution >= 4 is 11.8 Å². The van der Waals surface area contributed by atoms with Gasteiger partial charge >= 0.3 is 0 Å². The molecule has 0 bridgehead atoms. The number of ether oxygens (including phenoxy) is 2. The standard InChI is InChI=1S/C21H35N5O2/c1-3-22-19-5-8-23-20(24-19)26-9-6-17-14-18(25-10-12-28-13-11-25)4-7-21(17,15-26)16-27-2/h5,8,17-18H,3-4,6-7,9-16H2,1-2H3,(H,22,23,24)/t17-,18-,21+/m0/s1. The molecule has 3 heterocycles. The molecule has 7 nitrogen and oxygen atoms in total. The number of nitrogens with zero attached hydrogens (tertiary/aromatic N) is 4. The molecule has 0 radical (unpaired) electrons. The Balaban J connectivity index is 1.47. The fourth-order valence-corrected chi connectivity index (χ4v) is 5.51. The average molecular weight is 390 g/mol. The van der Waals surface area contributed by atoms with Crippen LogP contribution in [0.3, 0.4) is 0 Å². The second-order valence-corrected chi connectivity index (χ2v) is 8.55. The summed E-state index contributed by atoms with van der Waals surface area (Å²) in [7, 11) is 1.85. The Labute approximate surface area is 168 Å². The van der Waals surface area contributed by atoms with Crippen LogP contribution in [-0.2, 0) is 9.47 Å². The Hall–Kier alpha value is -1.44. The quantitative estimate of drug-likeness (QED) is 0.801. The first kappa shape index (κ1) is 19.9. The zero-order chi connectivity index (χ0) is 19.4. The van der Waals surface area contributed by atoms with E-state index in [1.165, 1.54) is 25.7 Å². The predicted octanol–water partition coefficient (Wildman–Crippen LogP) is 2.25. The highest BCUT2D eigenvalue weighted by atomic mass is 16.5. The molecule has 1 N–H and O–H groups in total. The SMILES string of the molecule is CCNc1ccnc(N2CC[C@H]3C[C@@H](N4CCOCC4)CC[C@]3(COC)C2)n1. The van der Waals surface area contributed by atoms with Gasteiger partial charge < -0.3 is 19.7 Å². The average Bonchev–Trinajstić information content (AvgIpc) is 2.74. The van der Waals surface area contributed by atoms with Crippen molar-refractivity contribution in [3.05, 3.63) is 12.3 Å². The summed E-state index contributed by atoms with van der Waals surface area (Å²) in [6, 6.07) is 2.65. The van der Waals surface area contributed by atoms with Crippen LogP contribution < -0.4 is 10.2 Å². The lowest BCUT2D eigenvalue weighted by Gasteiger charge is -2.54. The maximum Gasteiger partial charge on any atom is 0.227 e. The molecular formula is C21H35N5O2. The number of nitrogens with one attached hydrogen (secondary N) is 1. The monoisotopic (exact) mass is 389 g/mol. The third-order valence-corrected chi connectivity index (χ3v) is 6.93. The van der Waals surface area contributed by atoms with Crippen LogP contribution >= 0.6 is 0 Å². The second-order valence-electron chi connectivity index (χ2n) is 8.55. The van der Waals surface area contributed by atoms with Gasteiger partial charge in [-0.3, -0.25) is 4.90 Å². The van der Waals surface area contributed by atoms with Gasteiger partial charge in [0.15, 0.2) is 0 Å². The van der Waals surface area contributed by atoms with Crippen LogP contribution in [0.5, 0.6) is 0 Å². The number of morpholine rings is 1. The van der Waals surface area contributed by atoms with E-state index in [9.17, 15) is 0 Å². The van der Waals surface area contributed by atoms with Gasteiger partial charge in [-0.15, -0.1) is 0 Å². The van der Waals surface area contributed by atoms with Crippen molar-refractivity contribution in [1.29, 1.82) is 0 Å².